The van der Waals surface area contributed by atoms with Crippen LogP contribution in [-0.4, -0.2) is 53.8 Å². The number of amides is 1. The van der Waals surface area contributed by atoms with Crippen molar-refractivity contribution < 1.29 is 23.1 Å². The lowest BCUT2D eigenvalue weighted by atomic mass is 9.80. The van der Waals surface area contributed by atoms with Crippen molar-refractivity contribution in [2.75, 3.05) is 20.6 Å². The summed E-state index contributed by atoms with van der Waals surface area (Å²) in [7, 11) is 3.80. The van der Waals surface area contributed by atoms with Gasteiger partial charge >= 0.3 is 6.18 Å². The first kappa shape index (κ1) is 24.0. The molecule has 0 bridgehead atoms. The van der Waals surface area contributed by atoms with Gasteiger partial charge in [0.2, 0.25) is 5.91 Å². The van der Waals surface area contributed by atoms with Crippen LogP contribution in [0.3, 0.4) is 0 Å². The van der Waals surface area contributed by atoms with E-state index in [2.05, 4.69) is 10.3 Å². The van der Waals surface area contributed by atoms with Gasteiger partial charge < -0.3 is 15.3 Å². The van der Waals surface area contributed by atoms with E-state index >= 15 is 0 Å². The Morgan fingerprint density at radius 1 is 1.22 bits per heavy atom. The lowest BCUT2D eigenvalue weighted by Gasteiger charge is -2.30. The molecular weight excluding hydrogens is 419 g/mol. The minimum atomic E-state index is -4.36. The molecule has 0 radical (unpaired) electrons. The molecule has 5 nitrogen and oxygen atoms in total. The third kappa shape index (κ3) is 5.41. The van der Waals surface area contributed by atoms with Crippen LogP contribution in [0.4, 0.5) is 13.2 Å². The summed E-state index contributed by atoms with van der Waals surface area (Å²) in [5.41, 5.74) is 0.644. The molecule has 1 aliphatic carbocycles. The highest BCUT2D eigenvalue weighted by Crippen LogP contribution is 2.66. The number of carbonyl (C=O) groups excluding carboxylic acids is 1. The van der Waals surface area contributed by atoms with E-state index in [0.29, 0.717) is 18.5 Å². The molecule has 0 spiro atoms. The standard InChI is InChI=1S/C24H30F3N3O2/c1-16-12-20(31)5-4-18(16)13-19(30(2)3)15-29-22(32)14-21(17-6-10-28-11-7-17)23(8-9-23)24(25,26)27/h4-7,10-12,19,21,31H,8-9,13-15H2,1-3H3,(H,29,32)/t19-,21?/m0/s1. The van der Waals surface area contributed by atoms with Gasteiger partial charge in [0.25, 0.3) is 0 Å². The first-order chi connectivity index (χ1) is 15.0. The van der Waals surface area contributed by atoms with Crippen molar-refractivity contribution in [3.05, 3.63) is 59.4 Å². The summed E-state index contributed by atoms with van der Waals surface area (Å²) < 4.78 is 41.5. The normalized spacial score (nSPS) is 17.1. The predicted molar refractivity (Wildman–Crippen MR) is 116 cm³/mol. The lowest BCUT2D eigenvalue weighted by molar-refractivity contribution is -0.194. The summed E-state index contributed by atoms with van der Waals surface area (Å²) in [5, 5.41) is 12.5. The molecule has 3 rings (SSSR count). The van der Waals surface area contributed by atoms with Gasteiger partial charge in [0, 0.05) is 37.3 Å². The molecule has 1 aromatic carbocycles. The topological polar surface area (TPSA) is 65.5 Å². The van der Waals surface area contributed by atoms with Gasteiger partial charge in [-0.25, -0.2) is 0 Å². The fourth-order valence-electron chi connectivity index (χ4n) is 4.28. The number of benzene rings is 1. The molecule has 2 N–H and O–H groups in total. The number of aromatic nitrogens is 1. The number of nitrogens with zero attached hydrogens (tertiary/aromatic N) is 2. The number of halogens is 3. The number of phenols is 1. The van der Waals surface area contributed by atoms with Crippen molar-refractivity contribution in [1.82, 2.24) is 15.2 Å². The van der Waals surface area contributed by atoms with Crippen LogP contribution in [0.2, 0.25) is 0 Å². The zero-order valence-corrected chi connectivity index (χ0v) is 18.6. The van der Waals surface area contributed by atoms with E-state index < -0.39 is 23.4 Å². The van der Waals surface area contributed by atoms with Crippen LogP contribution in [0.1, 0.15) is 41.9 Å². The highest BCUT2D eigenvalue weighted by molar-refractivity contribution is 5.77. The van der Waals surface area contributed by atoms with E-state index in [1.165, 1.54) is 12.4 Å². The van der Waals surface area contributed by atoms with Crippen LogP contribution in [0, 0.1) is 12.3 Å². The summed E-state index contributed by atoms with van der Waals surface area (Å²) in [4.78, 5) is 18.7. The first-order valence-corrected chi connectivity index (χ1v) is 10.7. The molecule has 2 aromatic rings. The molecule has 0 saturated heterocycles. The molecule has 32 heavy (non-hydrogen) atoms. The molecule has 1 unspecified atom stereocenters. The Labute approximate surface area is 186 Å². The number of hydrogen-bond donors (Lipinski definition) is 2. The number of carbonyl (C=O) groups is 1. The molecule has 2 atom stereocenters. The largest absolute Gasteiger partial charge is 0.508 e. The van der Waals surface area contributed by atoms with Crippen molar-refractivity contribution in [3.63, 3.8) is 0 Å². The Kier molecular flexibility index (Phi) is 7.12. The maximum absolute atomic E-state index is 13.8. The fraction of sp³-hybridized carbons (Fsp3) is 0.500. The van der Waals surface area contributed by atoms with Crippen molar-refractivity contribution in [1.29, 1.82) is 0 Å². The van der Waals surface area contributed by atoms with Crippen molar-refractivity contribution in [2.24, 2.45) is 5.41 Å². The van der Waals surface area contributed by atoms with Crippen LogP contribution < -0.4 is 5.32 Å². The zero-order valence-electron chi connectivity index (χ0n) is 18.6. The summed E-state index contributed by atoms with van der Waals surface area (Å²) >= 11 is 0. The molecule has 1 amide bonds. The number of phenolic OH excluding ortho intramolecular Hbond substituents is 1. The minimum absolute atomic E-state index is 0.0389. The van der Waals surface area contributed by atoms with E-state index in [1.807, 2.05) is 32.0 Å². The first-order valence-electron chi connectivity index (χ1n) is 10.7. The third-order valence-electron chi connectivity index (χ3n) is 6.57. The van der Waals surface area contributed by atoms with Crippen LogP contribution >= 0.6 is 0 Å². The number of nitrogens with one attached hydrogen (secondary N) is 1. The van der Waals surface area contributed by atoms with Crippen LogP contribution in [-0.2, 0) is 11.2 Å². The maximum atomic E-state index is 13.8. The second kappa shape index (κ2) is 9.48. The fourth-order valence-corrected chi connectivity index (χ4v) is 4.28. The second-order valence-corrected chi connectivity index (χ2v) is 8.93. The number of pyridine rings is 1. The number of alkyl halides is 3. The van der Waals surface area contributed by atoms with Crippen molar-refractivity contribution in [3.8, 4) is 5.75 Å². The Hall–Kier alpha value is -2.61. The van der Waals surface area contributed by atoms with Crippen LogP contribution in [0.25, 0.3) is 0 Å². The van der Waals surface area contributed by atoms with E-state index in [4.69, 9.17) is 0 Å². The van der Waals surface area contributed by atoms with Crippen LogP contribution in [0.5, 0.6) is 5.75 Å². The third-order valence-corrected chi connectivity index (χ3v) is 6.57. The monoisotopic (exact) mass is 449 g/mol. The van der Waals surface area contributed by atoms with E-state index in [0.717, 1.165) is 11.1 Å². The van der Waals surface area contributed by atoms with Gasteiger partial charge in [0.1, 0.15) is 5.75 Å². The molecule has 174 valence electrons. The SMILES string of the molecule is Cc1cc(O)ccc1C[C@@H](CNC(=O)CC(c1ccncc1)C1(C(F)(F)F)CC1)N(C)C. The Balaban J connectivity index is 1.69. The van der Waals surface area contributed by atoms with Gasteiger partial charge in [0.05, 0.1) is 5.41 Å². The van der Waals surface area contributed by atoms with E-state index in [1.54, 1.807) is 24.3 Å². The average Bonchev–Trinajstić information content (AvgIpc) is 3.53. The van der Waals surface area contributed by atoms with Gasteiger partial charge in [-0.15, -0.1) is 0 Å². The van der Waals surface area contributed by atoms with Crippen LogP contribution in [0.15, 0.2) is 42.7 Å². The summed E-state index contributed by atoms with van der Waals surface area (Å²) in [6, 6.07) is 8.26. The molecular formula is C24H30F3N3O2. The molecule has 1 heterocycles. The van der Waals surface area contributed by atoms with Gasteiger partial charge in [-0.1, -0.05) is 6.07 Å². The van der Waals surface area contributed by atoms with Crippen molar-refractivity contribution in [2.45, 2.75) is 50.7 Å². The summed E-state index contributed by atoms with van der Waals surface area (Å²) in [5.74, 6) is -1.12. The molecule has 1 aliphatic rings. The van der Waals surface area contributed by atoms with Gasteiger partial charge in [-0.05, 0) is 81.2 Å². The van der Waals surface area contributed by atoms with Gasteiger partial charge in [0.15, 0.2) is 0 Å². The van der Waals surface area contributed by atoms with Gasteiger partial charge in [-0.3, -0.25) is 9.78 Å². The number of rotatable bonds is 9. The summed E-state index contributed by atoms with van der Waals surface area (Å²) in [6.07, 6.45) is -0.927. The Morgan fingerprint density at radius 3 is 2.41 bits per heavy atom. The highest BCUT2D eigenvalue weighted by atomic mass is 19.4. The Bertz CT molecular complexity index is 928. The lowest BCUT2D eigenvalue weighted by Crippen LogP contribution is -2.43. The highest BCUT2D eigenvalue weighted by Gasteiger charge is 2.67. The predicted octanol–water partition coefficient (Wildman–Crippen LogP) is 4.20. The maximum Gasteiger partial charge on any atom is 0.395 e. The van der Waals surface area contributed by atoms with E-state index in [9.17, 15) is 23.1 Å². The smallest absolute Gasteiger partial charge is 0.395 e. The zero-order chi connectivity index (χ0) is 23.5. The molecule has 0 aliphatic heterocycles. The molecule has 1 saturated carbocycles. The summed E-state index contributed by atoms with van der Waals surface area (Å²) in [6.45, 7) is 2.22. The minimum Gasteiger partial charge on any atom is -0.508 e. The number of likely N-dealkylation sites (N-methyl/N-ethyl adjacent to an activating group) is 1. The van der Waals surface area contributed by atoms with Crippen molar-refractivity contribution >= 4 is 5.91 Å². The second-order valence-electron chi connectivity index (χ2n) is 8.93. The molecule has 1 fully saturated rings. The Morgan fingerprint density at radius 2 is 1.88 bits per heavy atom. The number of aromatic hydroxyl groups is 1. The van der Waals surface area contributed by atoms with E-state index in [-0.39, 0.29) is 31.1 Å². The van der Waals surface area contributed by atoms with Gasteiger partial charge in [-0.2, -0.15) is 13.2 Å². The average molecular weight is 450 g/mol. The quantitative estimate of drug-likeness (QED) is 0.602. The number of hydrogen-bond acceptors (Lipinski definition) is 4. The number of aryl methyl sites for hydroxylation is 1. The molecule has 8 heteroatoms. The molecule has 1 aromatic heterocycles.